The van der Waals surface area contributed by atoms with E-state index in [1.165, 1.54) is 30.3 Å². The van der Waals surface area contributed by atoms with E-state index in [1.807, 2.05) is 6.92 Å². The molecule has 0 bridgehead atoms. The average Bonchev–Trinajstić information content (AvgIpc) is 2.83. The number of carbonyl (C=O) groups excluding carboxylic acids is 1. The SMILES string of the molecule is CCOc1ccc(NC(=O)CSc2nc(-c3ccc(SC(F)F)cc3)cc(C(F)(F)F)c2C#N)cc1. The van der Waals surface area contributed by atoms with Gasteiger partial charge in [-0.3, -0.25) is 4.79 Å². The third kappa shape index (κ3) is 7.35. The molecule has 2 aromatic carbocycles. The molecule has 0 saturated carbocycles. The maximum Gasteiger partial charge on any atom is 0.417 e. The zero-order chi connectivity index (χ0) is 26.3. The van der Waals surface area contributed by atoms with Gasteiger partial charge in [0.05, 0.1) is 29.2 Å². The van der Waals surface area contributed by atoms with Gasteiger partial charge in [-0.15, -0.1) is 0 Å². The van der Waals surface area contributed by atoms with Crippen molar-refractivity contribution in [2.75, 3.05) is 17.7 Å². The van der Waals surface area contributed by atoms with Gasteiger partial charge in [0.15, 0.2) is 0 Å². The number of amides is 1. The number of hydrogen-bond acceptors (Lipinski definition) is 6. The number of pyridine rings is 1. The largest absolute Gasteiger partial charge is 0.494 e. The van der Waals surface area contributed by atoms with Crippen LogP contribution in [0.15, 0.2) is 64.5 Å². The van der Waals surface area contributed by atoms with Crippen LogP contribution in [0.3, 0.4) is 0 Å². The zero-order valence-electron chi connectivity index (χ0n) is 18.6. The molecule has 0 aliphatic rings. The summed E-state index contributed by atoms with van der Waals surface area (Å²) in [5.41, 5.74) is -1.30. The van der Waals surface area contributed by atoms with Crippen LogP contribution in [0.1, 0.15) is 18.1 Å². The lowest BCUT2D eigenvalue weighted by atomic mass is 10.1. The van der Waals surface area contributed by atoms with E-state index in [1.54, 1.807) is 24.3 Å². The van der Waals surface area contributed by atoms with E-state index >= 15 is 0 Å². The fourth-order valence-electron chi connectivity index (χ4n) is 3.04. The summed E-state index contributed by atoms with van der Waals surface area (Å²) in [6, 6.07) is 14.2. The topological polar surface area (TPSA) is 75.0 Å². The predicted octanol–water partition coefficient (Wildman–Crippen LogP) is 7.08. The molecule has 0 aliphatic carbocycles. The first-order chi connectivity index (χ1) is 17.1. The number of carbonyl (C=O) groups is 1. The number of nitriles is 1. The summed E-state index contributed by atoms with van der Waals surface area (Å²) in [6.45, 7) is 2.31. The Balaban J connectivity index is 1.85. The zero-order valence-corrected chi connectivity index (χ0v) is 20.2. The predicted molar refractivity (Wildman–Crippen MR) is 128 cm³/mol. The molecule has 12 heteroatoms. The molecule has 0 saturated heterocycles. The minimum Gasteiger partial charge on any atom is -0.494 e. The first kappa shape index (κ1) is 27.3. The summed E-state index contributed by atoms with van der Waals surface area (Å²) in [4.78, 5) is 16.8. The highest BCUT2D eigenvalue weighted by atomic mass is 32.2. The Morgan fingerprint density at radius 2 is 1.81 bits per heavy atom. The summed E-state index contributed by atoms with van der Waals surface area (Å²) >= 11 is 0.989. The number of alkyl halides is 5. The number of aromatic nitrogens is 1. The molecule has 3 aromatic rings. The van der Waals surface area contributed by atoms with Crippen molar-refractivity contribution >= 4 is 35.1 Å². The van der Waals surface area contributed by atoms with Crippen LogP contribution in [0.4, 0.5) is 27.6 Å². The second-order valence-electron chi connectivity index (χ2n) is 7.04. The number of hydrogen-bond donors (Lipinski definition) is 1. The summed E-state index contributed by atoms with van der Waals surface area (Å²) in [5.74, 6) is -2.84. The van der Waals surface area contributed by atoms with E-state index in [2.05, 4.69) is 10.3 Å². The van der Waals surface area contributed by atoms with E-state index in [4.69, 9.17) is 4.74 Å². The number of nitrogens with one attached hydrogen (secondary N) is 1. The lowest BCUT2D eigenvalue weighted by Gasteiger charge is -2.14. The van der Waals surface area contributed by atoms with E-state index in [0.29, 0.717) is 41.6 Å². The molecular formula is C24H18F5N3O2S2. The van der Waals surface area contributed by atoms with Crippen LogP contribution >= 0.6 is 23.5 Å². The molecular weight excluding hydrogens is 521 g/mol. The van der Waals surface area contributed by atoms with Crippen molar-refractivity contribution in [2.24, 2.45) is 0 Å². The standard InChI is InChI=1S/C24H18F5N3O2S2/c1-2-34-16-7-5-15(6-8-16)31-21(33)13-35-22-18(12-30)19(24(27,28)29)11-20(32-22)14-3-9-17(10-4-14)36-23(25)26/h3-11,23H,2,13H2,1H3,(H,31,33). The smallest absolute Gasteiger partial charge is 0.417 e. The molecule has 1 amide bonds. The van der Waals surface area contributed by atoms with Crippen LogP contribution < -0.4 is 10.1 Å². The number of anilines is 1. The number of halogens is 5. The summed E-state index contributed by atoms with van der Waals surface area (Å²) in [6.07, 6.45) is -4.85. The highest BCUT2D eigenvalue weighted by Gasteiger charge is 2.36. The van der Waals surface area contributed by atoms with Gasteiger partial charge in [0.25, 0.3) is 5.76 Å². The van der Waals surface area contributed by atoms with Crippen molar-refractivity contribution in [1.29, 1.82) is 5.26 Å². The quantitative estimate of drug-likeness (QED) is 0.231. The van der Waals surface area contributed by atoms with Crippen molar-refractivity contribution < 1.29 is 31.5 Å². The Morgan fingerprint density at radius 3 is 2.36 bits per heavy atom. The lowest BCUT2D eigenvalue weighted by molar-refractivity contribution is -0.138. The summed E-state index contributed by atoms with van der Waals surface area (Å²) in [5, 5.41) is 11.8. The van der Waals surface area contributed by atoms with E-state index in [-0.39, 0.29) is 26.9 Å². The van der Waals surface area contributed by atoms with E-state index in [9.17, 15) is 32.0 Å². The molecule has 0 atom stereocenters. The van der Waals surface area contributed by atoms with Gasteiger partial charge < -0.3 is 10.1 Å². The van der Waals surface area contributed by atoms with Crippen LogP contribution in [-0.4, -0.2) is 29.0 Å². The second kappa shape index (κ2) is 12.1. The Kier molecular flexibility index (Phi) is 9.17. The van der Waals surface area contributed by atoms with Gasteiger partial charge in [0.1, 0.15) is 16.8 Å². The normalized spacial score (nSPS) is 11.3. The van der Waals surface area contributed by atoms with Crippen molar-refractivity contribution in [1.82, 2.24) is 4.98 Å². The van der Waals surface area contributed by atoms with Crippen LogP contribution in [-0.2, 0) is 11.0 Å². The Hall–Kier alpha value is -3.30. The minimum absolute atomic E-state index is 0.107. The molecule has 0 radical (unpaired) electrons. The first-order valence-corrected chi connectivity index (χ1v) is 12.2. The molecule has 1 aromatic heterocycles. The molecule has 0 unspecified atom stereocenters. The Labute approximate surface area is 212 Å². The minimum atomic E-state index is -4.85. The fraction of sp³-hybridized carbons (Fsp3) is 0.208. The monoisotopic (exact) mass is 539 g/mol. The van der Waals surface area contributed by atoms with Crippen molar-refractivity contribution in [2.45, 2.75) is 28.8 Å². The van der Waals surface area contributed by atoms with E-state index in [0.717, 1.165) is 6.07 Å². The maximum atomic E-state index is 13.7. The summed E-state index contributed by atoms with van der Waals surface area (Å²) in [7, 11) is 0. The van der Waals surface area contributed by atoms with Crippen LogP contribution in [0.5, 0.6) is 5.75 Å². The number of rotatable bonds is 9. The first-order valence-electron chi connectivity index (χ1n) is 10.3. The van der Waals surface area contributed by atoms with Crippen molar-refractivity contribution in [3.05, 3.63) is 65.7 Å². The van der Waals surface area contributed by atoms with Gasteiger partial charge in [0, 0.05) is 16.1 Å². The number of ether oxygens (including phenoxy) is 1. The van der Waals surface area contributed by atoms with Crippen molar-refractivity contribution in [3.63, 3.8) is 0 Å². The van der Waals surface area contributed by atoms with Gasteiger partial charge in [-0.05, 0) is 49.4 Å². The third-order valence-corrected chi connectivity index (χ3v) is 6.27. The average molecular weight is 540 g/mol. The highest BCUT2D eigenvalue weighted by Crippen LogP contribution is 2.38. The molecule has 0 spiro atoms. The van der Waals surface area contributed by atoms with Gasteiger partial charge >= 0.3 is 6.18 Å². The molecule has 36 heavy (non-hydrogen) atoms. The van der Waals surface area contributed by atoms with Gasteiger partial charge in [-0.1, -0.05) is 35.7 Å². The maximum absolute atomic E-state index is 13.7. The van der Waals surface area contributed by atoms with Gasteiger partial charge in [-0.25, -0.2) is 4.98 Å². The van der Waals surface area contributed by atoms with Crippen LogP contribution in [0.25, 0.3) is 11.3 Å². The highest BCUT2D eigenvalue weighted by molar-refractivity contribution is 8.00. The van der Waals surface area contributed by atoms with E-state index < -0.39 is 29.0 Å². The Bertz CT molecular complexity index is 1240. The molecule has 3 rings (SSSR count). The fourth-order valence-corrected chi connectivity index (χ4v) is 4.35. The lowest BCUT2D eigenvalue weighted by Crippen LogP contribution is -2.15. The summed E-state index contributed by atoms with van der Waals surface area (Å²) < 4.78 is 71.6. The molecule has 0 fully saturated rings. The number of benzene rings is 2. The van der Waals surface area contributed by atoms with Crippen molar-refractivity contribution in [3.8, 4) is 23.1 Å². The third-order valence-electron chi connectivity index (χ3n) is 4.57. The van der Waals surface area contributed by atoms with Crippen LogP contribution in [0.2, 0.25) is 0 Å². The molecule has 5 nitrogen and oxygen atoms in total. The second-order valence-corrected chi connectivity index (χ2v) is 9.07. The molecule has 0 aliphatic heterocycles. The van der Waals surface area contributed by atoms with Crippen LogP contribution in [0, 0.1) is 11.3 Å². The molecule has 1 N–H and O–H groups in total. The Morgan fingerprint density at radius 1 is 1.14 bits per heavy atom. The number of nitrogens with zero attached hydrogens (tertiary/aromatic N) is 2. The molecule has 1 heterocycles. The van der Waals surface area contributed by atoms with Gasteiger partial charge in [-0.2, -0.15) is 27.2 Å². The number of thioether (sulfide) groups is 2. The molecule has 188 valence electrons. The van der Waals surface area contributed by atoms with Gasteiger partial charge in [0.2, 0.25) is 5.91 Å².